The van der Waals surface area contributed by atoms with Crippen molar-refractivity contribution in [2.75, 3.05) is 11.9 Å². The monoisotopic (exact) mass is 525 g/mol. The lowest BCUT2D eigenvalue weighted by molar-refractivity contribution is -0.140. The van der Waals surface area contributed by atoms with Gasteiger partial charge < -0.3 is 25.4 Å². The number of anilines is 1. The van der Waals surface area contributed by atoms with Crippen molar-refractivity contribution in [3.8, 4) is 5.75 Å². The Kier molecular flexibility index (Phi) is 10.7. The Labute approximate surface area is 226 Å². The fourth-order valence-electron chi connectivity index (χ4n) is 4.22. The fourth-order valence-corrected chi connectivity index (χ4v) is 4.22. The van der Waals surface area contributed by atoms with E-state index in [4.69, 9.17) is 4.74 Å². The number of aromatic hydroxyl groups is 1. The standard InChI is InChI=1S/C30H43N3O5/c1-9-10-11-17-33(28(36)22(5)31-29(37)38-30(6,7)8)26(23-15-16-24(34)21(4)18-23)27(35)32-25-19(2)13-12-14-20(25)3/h12-16,18,22,26,34H,9-11,17H2,1-8H3,(H,31,37)(H,32,35). The first-order valence-electron chi connectivity index (χ1n) is 13.2. The largest absolute Gasteiger partial charge is 0.508 e. The van der Waals surface area contributed by atoms with Crippen LogP contribution >= 0.6 is 0 Å². The Morgan fingerprint density at radius 1 is 1.00 bits per heavy atom. The number of aryl methyl sites for hydroxylation is 3. The summed E-state index contributed by atoms with van der Waals surface area (Å²) >= 11 is 0. The molecule has 8 nitrogen and oxygen atoms in total. The summed E-state index contributed by atoms with van der Waals surface area (Å²) in [6.07, 6.45) is 1.79. The molecule has 2 aromatic carbocycles. The number of phenols is 1. The topological polar surface area (TPSA) is 108 Å². The SMILES string of the molecule is CCCCCN(C(=O)C(C)NC(=O)OC(C)(C)C)C(C(=O)Nc1c(C)cccc1C)c1ccc(O)c(C)c1. The third-order valence-corrected chi connectivity index (χ3v) is 6.22. The number of alkyl carbamates (subject to hydrolysis) is 1. The Hall–Kier alpha value is -3.55. The summed E-state index contributed by atoms with van der Waals surface area (Å²) in [5.74, 6) is -0.673. The summed E-state index contributed by atoms with van der Waals surface area (Å²) in [5.41, 5.74) is 2.95. The molecule has 3 amide bonds. The van der Waals surface area contributed by atoms with E-state index in [2.05, 4.69) is 17.6 Å². The highest BCUT2D eigenvalue weighted by atomic mass is 16.6. The van der Waals surface area contributed by atoms with Crippen molar-refractivity contribution >= 4 is 23.6 Å². The summed E-state index contributed by atoms with van der Waals surface area (Å²) in [6.45, 7) is 14.8. The Bertz CT molecular complexity index is 1120. The summed E-state index contributed by atoms with van der Waals surface area (Å²) in [4.78, 5) is 41.7. The van der Waals surface area contributed by atoms with Crippen molar-refractivity contribution in [2.45, 2.75) is 92.3 Å². The second-order valence-electron chi connectivity index (χ2n) is 10.8. The second-order valence-corrected chi connectivity index (χ2v) is 10.8. The van der Waals surface area contributed by atoms with Crippen LogP contribution < -0.4 is 10.6 Å². The van der Waals surface area contributed by atoms with E-state index in [1.807, 2.05) is 32.0 Å². The molecule has 0 bridgehead atoms. The van der Waals surface area contributed by atoms with Crippen LogP contribution in [0.15, 0.2) is 36.4 Å². The van der Waals surface area contributed by atoms with Crippen molar-refractivity contribution < 1.29 is 24.2 Å². The molecule has 0 aliphatic heterocycles. The smallest absolute Gasteiger partial charge is 0.408 e. The van der Waals surface area contributed by atoms with Gasteiger partial charge in [0.05, 0.1) is 0 Å². The number of ether oxygens (including phenoxy) is 1. The zero-order valence-corrected chi connectivity index (χ0v) is 24.0. The molecule has 0 saturated carbocycles. The van der Waals surface area contributed by atoms with Gasteiger partial charge in [-0.2, -0.15) is 0 Å². The lowest BCUT2D eigenvalue weighted by Gasteiger charge is -2.34. The minimum Gasteiger partial charge on any atom is -0.508 e. The fraction of sp³-hybridized carbons (Fsp3) is 0.500. The molecule has 38 heavy (non-hydrogen) atoms. The third kappa shape index (κ3) is 8.50. The number of carbonyl (C=O) groups excluding carboxylic acids is 3. The van der Waals surface area contributed by atoms with E-state index in [9.17, 15) is 19.5 Å². The number of hydrogen-bond donors (Lipinski definition) is 3. The number of rotatable bonds is 10. The predicted octanol–water partition coefficient (Wildman–Crippen LogP) is 5.93. The van der Waals surface area contributed by atoms with E-state index in [1.165, 1.54) is 11.0 Å². The van der Waals surface area contributed by atoms with E-state index < -0.39 is 29.7 Å². The molecule has 0 saturated heterocycles. The molecule has 2 aromatic rings. The van der Waals surface area contributed by atoms with Crippen LogP contribution in [-0.4, -0.2) is 46.1 Å². The van der Waals surface area contributed by atoms with Gasteiger partial charge in [0.2, 0.25) is 5.91 Å². The van der Waals surface area contributed by atoms with Crippen molar-refractivity contribution in [2.24, 2.45) is 0 Å². The second kappa shape index (κ2) is 13.3. The summed E-state index contributed by atoms with van der Waals surface area (Å²) < 4.78 is 5.34. The van der Waals surface area contributed by atoms with Crippen LogP contribution in [-0.2, 0) is 14.3 Å². The number of benzene rings is 2. The van der Waals surface area contributed by atoms with Crippen molar-refractivity contribution in [1.29, 1.82) is 0 Å². The Morgan fingerprint density at radius 2 is 1.63 bits per heavy atom. The lowest BCUT2D eigenvalue weighted by Crippen LogP contribution is -2.51. The number of nitrogens with zero attached hydrogens (tertiary/aromatic N) is 1. The van der Waals surface area contributed by atoms with Crippen LogP contribution in [0.2, 0.25) is 0 Å². The summed E-state index contributed by atoms with van der Waals surface area (Å²) in [7, 11) is 0. The molecule has 0 spiro atoms. The summed E-state index contributed by atoms with van der Waals surface area (Å²) in [6, 6.07) is 8.74. The number of unbranched alkanes of at least 4 members (excludes halogenated alkanes) is 2. The quantitative estimate of drug-likeness (QED) is 0.333. The van der Waals surface area contributed by atoms with E-state index in [0.717, 1.165) is 24.0 Å². The zero-order chi connectivity index (χ0) is 28.6. The molecule has 208 valence electrons. The maximum absolute atomic E-state index is 13.9. The third-order valence-electron chi connectivity index (χ3n) is 6.22. The van der Waals surface area contributed by atoms with Gasteiger partial charge in [0.1, 0.15) is 23.4 Å². The molecule has 2 unspecified atom stereocenters. The number of nitrogens with one attached hydrogen (secondary N) is 2. The van der Waals surface area contributed by atoms with Gasteiger partial charge in [-0.15, -0.1) is 0 Å². The van der Waals surface area contributed by atoms with E-state index >= 15 is 0 Å². The molecule has 0 fully saturated rings. The van der Waals surface area contributed by atoms with Gasteiger partial charge >= 0.3 is 6.09 Å². The highest BCUT2D eigenvalue weighted by molar-refractivity contribution is 5.99. The van der Waals surface area contributed by atoms with Gasteiger partial charge in [0.15, 0.2) is 0 Å². The van der Waals surface area contributed by atoms with Crippen molar-refractivity contribution in [3.05, 3.63) is 58.7 Å². The maximum atomic E-state index is 13.9. The normalized spacial score (nSPS) is 12.8. The maximum Gasteiger partial charge on any atom is 0.408 e. The average Bonchev–Trinajstić information content (AvgIpc) is 2.81. The molecule has 8 heteroatoms. The Morgan fingerprint density at radius 3 is 2.18 bits per heavy atom. The van der Waals surface area contributed by atoms with Gasteiger partial charge in [0.25, 0.3) is 5.91 Å². The molecular weight excluding hydrogens is 482 g/mol. The highest BCUT2D eigenvalue weighted by Crippen LogP contribution is 2.30. The molecule has 0 aliphatic carbocycles. The minimum absolute atomic E-state index is 0.103. The predicted molar refractivity (Wildman–Crippen MR) is 150 cm³/mol. The first kappa shape index (κ1) is 30.7. The minimum atomic E-state index is -0.986. The van der Waals surface area contributed by atoms with Crippen LogP contribution in [0.4, 0.5) is 10.5 Å². The number of para-hydroxylation sites is 1. The molecule has 0 aromatic heterocycles. The van der Waals surface area contributed by atoms with E-state index in [1.54, 1.807) is 46.8 Å². The zero-order valence-electron chi connectivity index (χ0n) is 24.0. The summed E-state index contributed by atoms with van der Waals surface area (Å²) in [5, 5.41) is 15.8. The number of amides is 3. The van der Waals surface area contributed by atoms with Crippen molar-refractivity contribution in [3.63, 3.8) is 0 Å². The van der Waals surface area contributed by atoms with Gasteiger partial charge in [-0.05, 0) is 89.3 Å². The van der Waals surface area contributed by atoms with Crippen LogP contribution in [0.1, 0.15) is 82.2 Å². The lowest BCUT2D eigenvalue weighted by atomic mass is 9.99. The number of carbonyl (C=O) groups is 3. The van der Waals surface area contributed by atoms with Gasteiger partial charge in [-0.3, -0.25) is 9.59 Å². The highest BCUT2D eigenvalue weighted by Gasteiger charge is 2.35. The van der Waals surface area contributed by atoms with Gasteiger partial charge in [-0.1, -0.05) is 44.0 Å². The molecule has 2 atom stereocenters. The van der Waals surface area contributed by atoms with Gasteiger partial charge in [0, 0.05) is 12.2 Å². The molecule has 0 radical (unpaired) electrons. The first-order valence-corrected chi connectivity index (χ1v) is 13.2. The van der Waals surface area contributed by atoms with E-state index in [0.29, 0.717) is 29.8 Å². The molecular formula is C30H43N3O5. The number of phenolic OH excluding ortho intramolecular Hbond substituents is 1. The van der Waals surface area contributed by atoms with Crippen LogP contribution in [0.25, 0.3) is 0 Å². The van der Waals surface area contributed by atoms with Crippen molar-refractivity contribution in [1.82, 2.24) is 10.2 Å². The molecule has 2 rings (SSSR count). The molecule has 3 N–H and O–H groups in total. The molecule has 0 heterocycles. The Balaban J connectivity index is 2.51. The first-order chi connectivity index (χ1) is 17.7. The van der Waals surface area contributed by atoms with Crippen LogP contribution in [0.5, 0.6) is 5.75 Å². The van der Waals surface area contributed by atoms with E-state index in [-0.39, 0.29) is 11.7 Å². The van der Waals surface area contributed by atoms with Gasteiger partial charge in [-0.25, -0.2) is 4.79 Å². The number of hydrogen-bond acceptors (Lipinski definition) is 5. The van der Waals surface area contributed by atoms with Crippen LogP contribution in [0, 0.1) is 20.8 Å². The van der Waals surface area contributed by atoms with Crippen LogP contribution in [0.3, 0.4) is 0 Å². The molecule has 0 aliphatic rings. The average molecular weight is 526 g/mol.